The van der Waals surface area contributed by atoms with Gasteiger partial charge in [0.25, 0.3) is 0 Å². The third kappa shape index (κ3) is 4.80. The second kappa shape index (κ2) is 9.15. The Labute approximate surface area is 179 Å². The number of para-hydroxylation sites is 2. The van der Waals surface area contributed by atoms with E-state index in [1.165, 1.54) is 48.5 Å². The highest BCUT2D eigenvalue weighted by Crippen LogP contribution is 2.35. The van der Waals surface area contributed by atoms with Gasteiger partial charge < -0.3 is 9.47 Å². The van der Waals surface area contributed by atoms with Crippen LogP contribution in [0.2, 0.25) is 0 Å². The number of halogens is 2. The van der Waals surface area contributed by atoms with Crippen LogP contribution in [0.1, 0.15) is 23.0 Å². The summed E-state index contributed by atoms with van der Waals surface area (Å²) < 4.78 is 24.9. The van der Waals surface area contributed by atoms with Crippen molar-refractivity contribution in [2.45, 2.75) is 13.5 Å². The zero-order valence-corrected chi connectivity index (χ0v) is 17.9. The Morgan fingerprint density at radius 3 is 2.72 bits per heavy atom. The van der Waals surface area contributed by atoms with Gasteiger partial charge in [-0.1, -0.05) is 28.1 Å². The lowest BCUT2D eigenvalue weighted by Crippen LogP contribution is -2.23. The molecule has 0 fully saturated rings. The molecule has 0 aliphatic rings. The molecule has 0 N–H and O–H groups in total. The fraction of sp³-hybridized carbons (Fsp3) is 0.150. The van der Waals surface area contributed by atoms with Crippen LogP contribution in [-0.2, 0) is 16.1 Å². The van der Waals surface area contributed by atoms with Gasteiger partial charge >= 0.3 is 5.97 Å². The van der Waals surface area contributed by atoms with E-state index in [1.807, 2.05) is 0 Å². The van der Waals surface area contributed by atoms with Gasteiger partial charge in [-0.05, 0) is 30.3 Å². The number of aromatic nitrogens is 1. The fourth-order valence-electron chi connectivity index (χ4n) is 2.56. The van der Waals surface area contributed by atoms with E-state index >= 15 is 0 Å². The van der Waals surface area contributed by atoms with E-state index in [0.717, 1.165) is 0 Å². The zero-order chi connectivity index (χ0) is 21.0. The Morgan fingerprint density at radius 1 is 1.24 bits per heavy atom. The Morgan fingerprint density at radius 2 is 2.00 bits per heavy atom. The number of hydrogen-bond acceptors (Lipinski definition) is 6. The number of benzene rings is 2. The summed E-state index contributed by atoms with van der Waals surface area (Å²) in [7, 11) is 1.52. The Kier molecular flexibility index (Phi) is 6.60. The summed E-state index contributed by atoms with van der Waals surface area (Å²) in [5, 5.41) is 2.08. The third-order valence-electron chi connectivity index (χ3n) is 3.87. The number of rotatable bonds is 6. The summed E-state index contributed by atoms with van der Waals surface area (Å²) in [6, 6.07) is 11.1. The first-order valence-corrected chi connectivity index (χ1v) is 10.1. The molecule has 0 radical (unpaired) electrons. The van der Waals surface area contributed by atoms with E-state index in [4.69, 9.17) is 9.47 Å². The maximum Gasteiger partial charge on any atom is 0.341 e. The van der Waals surface area contributed by atoms with E-state index in [-0.39, 0.29) is 18.1 Å². The van der Waals surface area contributed by atoms with Crippen molar-refractivity contribution in [2.24, 2.45) is 0 Å². The number of ether oxygens (including phenoxy) is 2. The molecule has 150 valence electrons. The minimum Gasteiger partial charge on any atom is -0.495 e. The lowest BCUT2D eigenvalue weighted by Gasteiger charge is -2.20. The van der Waals surface area contributed by atoms with E-state index in [1.54, 1.807) is 29.6 Å². The van der Waals surface area contributed by atoms with Crippen LogP contribution >= 0.6 is 27.3 Å². The topological polar surface area (TPSA) is 68.7 Å². The van der Waals surface area contributed by atoms with E-state index < -0.39 is 11.8 Å². The Hall–Kier alpha value is -2.78. The summed E-state index contributed by atoms with van der Waals surface area (Å²) in [6.07, 6.45) is 0. The molecule has 6 nitrogen and oxygen atoms in total. The average Bonchev–Trinajstić information content (AvgIpc) is 3.16. The number of hydrogen-bond donors (Lipinski definition) is 0. The molecule has 2 aromatic carbocycles. The molecule has 0 aliphatic heterocycles. The molecule has 1 aromatic heterocycles. The van der Waals surface area contributed by atoms with Crippen LogP contribution in [0.25, 0.3) is 0 Å². The molecule has 3 aromatic rings. The lowest BCUT2D eigenvalue weighted by atomic mass is 10.2. The molecule has 1 amide bonds. The minimum absolute atomic E-state index is 0.154. The largest absolute Gasteiger partial charge is 0.495 e. The first-order chi connectivity index (χ1) is 13.9. The van der Waals surface area contributed by atoms with Crippen molar-refractivity contribution in [1.82, 2.24) is 4.98 Å². The van der Waals surface area contributed by atoms with Gasteiger partial charge in [-0.25, -0.2) is 14.2 Å². The van der Waals surface area contributed by atoms with Crippen LogP contribution in [-0.4, -0.2) is 24.0 Å². The fourth-order valence-corrected chi connectivity index (χ4v) is 3.78. The van der Waals surface area contributed by atoms with Crippen molar-refractivity contribution in [1.29, 1.82) is 0 Å². The van der Waals surface area contributed by atoms with Crippen LogP contribution in [0.5, 0.6) is 5.75 Å². The van der Waals surface area contributed by atoms with Gasteiger partial charge in [-0.2, -0.15) is 0 Å². The summed E-state index contributed by atoms with van der Waals surface area (Å²) in [5.74, 6) is -1.19. The predicted octanol–water partition coefficient (Wildman–Crippen LogP) is 5.09. The van der Waals surface area contributed by atoms with Gasteiger partial charge in [-0.3, -0.25) is 9.69 Å². The third-order valence-corrected chi connectivity index (χ3v) is 5.24. The van der Waals surface area contributed by atoms with Crippen molar-refractivity contribution in [2.75, 3.05) is 12.0 Å². The molecule has 0 atom stereocenters. The van der Waals surface area contributed by atoms with Gasteiger partial charge in [0, 0.05) is 16.8 Å². The molecule has 0 aliphatic carbocycles. The Bertz CT molecular complexity index is 1060. The summed E-state index contributed by atoms with van der Waals surface area (Å²) in [5.41, 5.74) is 0.820. The van der Waals surface area contributed by atoms with Crippen molar-refractivity contribution in [3.05, 3.63) is 69.4 Å². The molecule has 3 rings (SSSR count). The maximum absolute atomic E-state index is 13.8. The van der Waals surface area contributed by atoms with Crippen LogP contribution in [0.3, 0.4) is 0 Å². The number of nitrogens with zero attached hydrogens (tertiary/aromatic N) is 2. The van der Waals surface area contributed by atoms with Crippen molar-refractivity contribution < 1.29 is 23.5 Å². The number of methoxy groups -OCH3 is 1. The maximum atomic E-state index is 13.8. The highest BCUT2D eigenvalue weighted by Gasteiger charge is 2.22. The monoisotopic (exact) mass is 478 g/mol. The molecule has 1 heterocycles. The molecule has 9 heteroatoms. The van der Waals surface area contributed by atoms with Crippen LogP contribution in [0, 0.1) is 5.82 Å². The van der Waals surface area contributed by atoms with Crippen LogP contribution in [0.4, 0.5) is 15.2 Å². The number of amides is 1. The number of anilines is 2. The summed E-state index contributed by atoms with van der Waals surface area (Å²) in [6.45, 7) is 1.27. The smallest absolute Gasteiger partial charge is 0.341 e. The van der Waals surface area contributed by atoms with E-state index in [9.17, 15) is 14.0 Å². The zero-order valence-electron chi connectivity index (χ0n) is 15.5. The van der Waals surface area contributed by atoms with Crippen LogP contribution < -0.4 is 9.64 Å². The second-order valence-electron chi connectivity index (χ2n) is 5.85. The van der Waals surface area contributed by atoms with Crippen LogP contribution in [0.15, 0.2) is 52.3 Å². The quantitative estimate of drug-likeness (QED) is 0.461. The van der Waals surface area contributed by atoms with Gasteiger partial charge in [0.1, 0.15) is 18.2 Å². The van der Waals surface area contributed by atoms with E-state index in [0.29, 0.717) is 26.7 Å². The summed E-state index contributed by atoms with van der Waals surface area (Å²) in [4.78, 5) is 30.2. The standard InChI is InChI=1S/C20H16BrFN2O4S/c1-12(25)24(17-5-3-4-6-18(17)27-2)20-23-14(11-29-20)10-28-19(26)15-9-13(21)7-8-16(15)22/h3-9,11H,10H2,1-2H3. The average molecular weight is 479 g/mol. The number of thiazole rings is 1. The normalized spacial score (nSPS) is 10.5. The van der Waals surface area contributed by atoms with Gasteiger partial charge in [0.15, 0.2) is 5.13 Å². The number of esters is 1. The van der Waals surface area contributed by atoms with Crippen molar-refractivity contribution in [3.8, 4) is 5.75 Å². The highest BCUT2D eigenvalue weighted by atomic mass is 79.9. The molecule has 0 unspecified atom stereocenters. The van der Waals surface area contributed by atoms with E-state index in [2.05, 4.69) is 20.9 Å². The first-order valence-electron chi connectivity index (χ1n) is 8.41. The van der Waals surface area contributed by atoms with Crippen molar-refractivity contribution in [3.63, 3.8) is 0 Å². The van der Waals surface area contributed by atoms with Gasteiger partial charge in [0.2, 0.25) is 5.91 Å². The van der Waals surface area contributed by atoms with Gasteiger partial charge in [-0.15, -0.1) is 11.3 Å². The molecule has 0 bridgehead atoms. The molecule has 0 saturated carbocycles. The molecular weight excluding hydrogens is 463 g/mol. The first kappa shape index (κ1) is 20.9. The lowest BCUT2D eigenvalue weighted by molar-refractivity contribution is -0.115. The van der Waals surface area contributed by atoms with Crippen molar-refractivity contribution >= 4 is 50.0 Å². The SMILES string of the molecule is COc1ccccc1N(C(C)=O)c1nc(COC(=O)c2cc(Br)ccc2F)cs1. The molecule has 29 heavy (non-hydrogen) atoms. The minimum atomic E-state index is -0.800. The number of carbonyl (C=O) groups is 2. The molecular formula is C20H16BrFN2O4S. The predicted molar refractivity (Wildman–Crippen MR) is 111 cm³/mol. The molecule has 0 spiro atoms. The second-order valence-corrected chi connectivity index (χ2v) is 7.60. The van der Waals surface area contributed by atoms with Gasteiger partial charge in [0.05, 0.1) is 24.1 Å². The molecule has 0 saturated heterocycles. The Balaban J connectivity index is 1.78. The number of carbonyl (C=O) groups excluding carboxylic acids is 2. The highest BCUT2D eigenvalue weighted by molar-refractivity contribution is 9.10. The summed E-state index contributed by atoms with van der Waals surface area (Å²) >= 11 is 4.41.